The lowest BCUT2D eigenvalue weighted by atomic mass is 10.0. The van der Waals surface area contributed by atoms with Crippen molar-refractivity contribution in [1.29, 1.82) is 0 Å². The first kappa shape index (κ1) is 25.0. The monoisotopic (exact) mass is 519 g/mol. The molecule has 0 spiro atoms. The minimum absolute atomic E-state index is 0.137. The normalized spacial score (nSPS) is 11.0. The third-order valence-electron chi connectivity index (χ3n) is 5.75. The first-order valence-electron chi connectivity index (χ1n) is 12.0. The lowest BCUT2D eigenvalue weighted by molar-refractivity contribution is -0.118. The van der Waals surface area contributed by atoms with Crippen molar-refractivity contribution in [3.8, 4) is 34.0 Å². The van der Waals surface area contributed by atoms with E-state index in [9.17, 15) is 4.79 Å². The molecule has 38 heavy (non-hydrogen) atoms. The Bertz CT molecular complexity index is 1520. The molecule has 0 unspecified atom stereocenters. The zero-order valence-corrected chi connectivity index (χ0v) is 21.5. The SMILES string of the molecule is COc1ccc(-c2nnc(SCC(=O)NN=Cc3ccc(-c4ccccc4)cc3)n2-c2ccccc2)cc1. The van der Waals surface area contributed by atoms with E-state index in [2.05, 4.69) is 32.9 Å². The molecular formula is C30H25N5O2S. The van der Waals surface area contributed by atoms with Gasteiger partial charge in [0.1, 0.15) is 5.75 Å². The number of para-hydroxylation sites is 1. The van der Waals surface area contributed by atoms with Crippen LogP contribution in [-0.2, 0) is 4.79 Å². The molecule has 4 aromatic carbocycles. The van der Waals surface area contributed by atoms with Gasteiger partial charge in [-0.25, -0.2) is 5.43 Å². The van der Waals surface area contributed by atoms with Gasteiger partial charge in [-0.05, 0) is 53.1 Å². The maximum atomic E-state index is 12.5. The van der Waals surface area contributed by atoms with Crippen molar-refractivity contribution in [3.05, 3.63) is 115 Å². The molecule has 0 bridgehead atoms. The Morgan fingerprint density at radius 1 is 0.842 bits per heavy atom. The number of ether oxygens (including phenoxy) is 1. The molecule has 0 radical (unpaired) electrons. The lowest BCUT2D eigenvalue weighted by Gasteiger charge is -2.10. The van der Waals surface area contributed by atoms with Crippen molar-refractivity contribution >= 4 is 23.9 Å². The molecule has 7 nitrogen and oxygen atoms in total. The maximum absolute atomic E-state index is 12.5. The smallest absolute Gasteiger partial charge is 0.250 e. The van der Waals surface area contributed by atoms with E-state index in [1.807, 2.05) is 102 Å². The highest BCUT2D eigenvalue weighted by Gasteiger charge is 2.17. The second kappa shape index (κ2) is 12.0. The second-order valence-corrected chi connectivity index (χ2v) is 9.22. The van der Waals surface area contributed by atoms with E-state index in [0.717, 1.165) is 33.7 Å². The molecule has 188 valence electrons. The highest BCUT2D eigenvalue weighted by molar-refractivity contribution is 7.99. The third kappa shape index (κ3) is 5.99. The Balaban J connectivity index is 1.24. The van der Waals surface area contributed by atoms with Gasteiger partial charge in [-0.1, -0.05) is 84.6 Å². The zero-order chi connectivity index (χ0) is 26.2. The van der Waals surface area contributed by atoms with Crippen LogP contribution in [0.1, 0.15) is 5.56 Å². The summed E-state index contributed by atoms with van der Waals surface area (Å²) in [5.74, 6) is 1.34. The van der Waals surface area contributed by atoms with Gasteiger partial charge in [0.05, 0.1) is 19.1 Å². The maximum Gasteiger partial charge on any atom is 0.250 e. The molecule has 1 N–H and O–H groups in total. The fraction of sp³-hybridized carbons (Fsp3) is 0.0667. The molecule has 0 saturated heterocycles. The van der Waals surface area contributed by atoms with E-state index in [1.54, 1.807) is 13.3 Å². The summed E-state index contributed by atoms with van der Waals surface area (Å²) in [5.41, 5.74) is 7.56. The fourth-order valence-electron chi connectivity index (χ4n) is 3.83. The van der Waals surface area contributed by atoms with Crippen molar-refractivity contribution in [2.45, 2.75) is 5.16 Å². The number of hydrazone groups is 1. The first-order valence-corrected chi connectivity index (χ1v) is 13.0. The highest BCUT2D eigenvalue weighted by Crippen LogP contribution is 2.29. The molecule has 0 saturated carbocycles. The van der Waals surface area contributed by atoms with Gasteiger partial charge in [-0.2, -0.15) is 5.10 Å². The van der Waals surface area contributed by atoms with E-state index < -0.39 is 0 Å². The van der Waals surface area contributed by atoms with E-state index in [1.165, 1.54) is 11.8 Å². The number of aromatic nitrogens is 3. The van der Waals surface area contributed by atoms with Gasteiger partial charge in [0.2, 0.25) is 0 Å². The fourth-order valence-corrected chi connectivity index (χ4v) is 4.58. The summed E-state index contributed by atoms with van der Waals surface area (Å²) in [4.78, 5) is 12.5. The van der Waals surface area contributed by atoms with E-state index in [4.69, 9.17) is 4.74 Å². The van der Waals surface area contributed by atoms with Crippen LogP contribution >= 0.6 is 11.8 Å². The van der Waals surface area contributed by atoms with Crippen LogP contribution in [0.3, 0.4) is 0 Å². The van der Waals surface area contributed by atoms with Gasteiger partial charge in [0.15, 0.2) is 11.0 Å². The Morgan fingerprint density at radius 3 is 2.16 bits per heavy atom. The number of methoxy groups -OCH3 is 1. The average molecular weight is 520 g/mol. The summed E-state index contributed by atoms with van der Waals surface area (Å²) >= 11 is 1.30. The Morgan fingerprint density at radius 2 is 1.47 bits per heavy atom. The number of hydrogen-bond donors (Lipinski definition) is 1. The summed E-state index contributed by atoms with van der Waals surface area (Å²) < 4.78 is 7.21. The van der Waals surface area contributed by atoms with Crippen molar-refractivity contribution in [3.63, 3.8) is 0 Å². The van der Waals surface area contributed by atoms with Crippen LogP contribution in [0.25, 0.3) is 28.2 Å². The molecule has 0 atom stereocenters. The van der Waals surface area contributed by atoms with Crippen LogP contribution in [0.4, 0.5) is 0 Å². The van der Waals surface area contributed by atoms with Gasteiger partial charge >= 0.3 is 0 Å². The van der Waals surface area contributed by atoms with Crippen molar-refractivity contribution in [2.24, 2.45) is 5.10 Å². The highest BCUT2D eigenvalue weighted by atomic mass is 32.2. The van der Waals surface area contributed by atoms with Crippen LogP contribution in [0.2, 0.25) is 0 Å². The first-order chi connectivity index (χ1) is 18.7. The summed E-state index contributed by atoms with van der Waals surface area (Å²) in [5, 5.41) is 13.5. The number of carbonyl (C=O) groups excluding carboxylic acids is 1. The molecular weight excluding hydrogens is 494 g/mol. The molecule has 0 fully saturated rings. The van der Waals surface area contributed by atoms with Gasteiger partial charge < -0.3 is 4.74 Å². The standard InChI is InChI=1S/C30H25N5O2S/c1-37-27-18-16-25(17-19-27)29-33-34-30(35(29)26-10-6-3-7-11-26)38-21-28(36)32-31-20-22-12-14-24(15-13-22)23-8-4-2-5-9-23/h2-20H,21H2,1H3,(H,32,36). The minimum atomic E-state index is -0.235. The number of benzene rings is 4. The number of amides is 1. The molecule has 0 aliphatic rings. The Hall–Kier alpha value is -4.69. The number of carbonyl (C=O) groups is 1. The van der Waals surface area contributed by atoms with Crippen LogP contribution in [0.15, 0.2) is 119 Å². The average Bonchev–Trinajstić information content (AvgIpc) is 3.41. The quantitative estimate of drug-likeness (QED) is 0.150. The zero-order valence-electron chi connectivity index (χ0n) is 20.7. The number of rotatable bonds is 9. The number of nitrogens with one attached hydrogen (secondary N) is 1. The molecule has 1 aromatic heterocycles. The van der Waals surface area contributed by atoms with Crippen molar-refractivity contribution < 1.29 is 9.53 Å². The number of hydrogen-bond acceptors (Lipinski definition) is 6. The predicted octanol–water partition coefficient (Wildman–Crippen LogP) is 5.85. The van der Waals surface area contributed by atoms with Gasteiger partial charge in [0.25, 0.3) is 5.91 Å². The van der Waals surface area contributed by atoms with E-state index in [0.29, 0.717) is 11.0 Å². The molecule has 5 aromatic rings. The summed E-state index contributed by atoms with van der Waals surface area (Å²) in [6.45, 7) is 0. The molecule has 1 amide bonds. The Labute approximate surface area is 225 Å². The molecule has 0 aliphatic carbocycles. The minimum Gasteiger partial charge on any atom is -0.497 e. The molecule has 5 rings (SSSR count). The van der Waals surface area contributed by atoms with Crippen LogP contribution in [0, 0.1) is 0 Å². The van der Waals surface area contributed by atoms with Gasteiger partial charge in [-0.3, -0.25) is 9.36 Å². The van der Waals surface area contributed by atoms with E-state index >= 15 is 0 Å². The molecule has 1 heterocycles. The van der Waals surface area contributed by atoms with Crippen LogP contribution in [0.5, 0.6) is 5.75 Å². The summed E-state index contributed by atoms with van der Waals surface area (Å²) in [6.07, 6.45) is 1.63. The number of thioether (sulfide) groups is 1. The van der Waals surface area contributed by atoms with Crippen molar-refractivity contribution in [2.75, 3.05) is 12.9 Å². The molecule has 0 aliphatic heterocycles. The van der Waals surface area contributed by atoms with Crippen LogP contribution < -0.4 is 10.2 Å². The lowest BCUT2D eigenvalue weighted by Crippen LogP contribution is -2.20. The second-order valence-electron chi connectivity index (χ2n) is 8.28. The Kier molecular flexibility index (Phi) is 7.91. The van der Waals surface area contributed by atoms with Gasteiger partial charge in [0, 0.05) is 11.3 Å². The summed E-state index contributed by atoms with van der Waals surface area (Å²) in [7, 11) is 1.63. The predicted molar refractivity (Wildman–Crippen MR) is 152 cm³/mol. The van der Waals surface area contributed by atoms with E-state index in [-0.39, 0.29) is 11.7 Å². The van der Waals surface area contributed by atoms with Crippen LogP contribution in [-0.4, -0.2) is 39.7 Å². The van der Waals surface area contributed by atoms with Gasteiger partial charge in [-0.15, -0.1) is 10.2 Å². The largest absolute Gasteiger partial charge is 0.497 e. The summed E-state index contributed by atoms with van der Waals surface area (Å²) in [6, 6.07) is 35.6. The topological polar surface area (TPSA) is 81.4 Å². The van der Waals surface area contributed by atoms with Crippen molar-refractivity contribution in [1.82, 2.24) is 20.2 Å². The number of nitrogens with zero attached hydrogens (tertiary/aromatic N) is 4. The third-order valence-corrected chi connectivity index (χ3v) is 6.68. The molecule has 8 heteroatoms.